The number of nitrogens with zero attached hydrogens (tertiary/aromatic N) is 3. The predicted molar refractivity (Wildman–Crippen MR) is 84.5 cm³/mol. The van der Waals surface area contributed by atoms with E-state index in [4.69, 9.17) is 9.84 Å². The van der Waals surface area contributed by atoms with Gasteiger partial charge in [0.05, 0.1) is 29.5 Å². The van der Waals surface area contributed by atoms with Gasteiger partial charge in [0.2, 0.25) is 0 Å². The highest BCUT2D eigenvalue weighted by atomic mass is 79.9. The number of carbonyl (C=O) groups excluding carboxylic acids is 1. The number of hydrogen-bond acceptors (Lipinski definition) is 4. The van der Waals surface area contributed by atoms with E-state index in [0.717, 1.165) is 10.2 Å². The summed E-state index contributed by atoms with van der Waals surface area (Å²) in [5.74, 6) is -1.27. The van der Waals surface area contributed by atoms with Gasteiger partial charge in [0.15, 0.2) is 6.10 Å². The highest BCUT2D eigenvalue weighted by Crippen LogP contribution is 2.16. The van der Waals surface area contributed by atoms with Crippen molar-refractivity contribution in [2.75, 3.05) is 19.7 Å². The number of halogens is 1. The predicted octanol–water partition coefficient (Wildman–Crippen LogP) is 1.56. The third-order valence-electron chi connectivity index (χ3n) is 3.54. The van der Waals surface area contributed by atoms with Crippen LogP contribution in [-0.2, 0) is 9.53 Å². The maximum absolute atomic E-state index is 12.6. The summed E-state index contributed by atoms with van der Waals surface area (Å²) in [5.41, 5.74) is 1.24. The van der Waals surface area contributed by atoms with Crippen molar-refractivity contribution in [1.82, 2.24) is 14.7 Å². The van der Waals surface area contributed by atoms with E-state index in [1.807, 2.05) is 6.07 Å². The molecule has 2 heterocycles. The van der Waals surface area contributed by atoms with Crippen molar-refractivity contribution in [2.45, 2.75) is 6.10 Å². The molecule has 0 bridgehead atoms. The van der Waals surface area contributed by atoms with Crippen LogP contribution in [0.5, 0.6) is 0 Å². The number of rotatable bonds is 3. The molecule has 1 atom stereocenters. The quantitative estimate of drug-likeness (QED) is 0.874. The molecule has 1 amide bonds. The summed E-state index contributed by atoms with van der Waals surface area (Å²) < 4.78 is 7.63. The number of ether oxygens (including phenoxy) is 1. The Bertz CT molecular complexity index is 746. The fourth-order valence-corrected chi connectivity index (χ4v) is 2.67. The number of aliphatic carboxylic acids is 1. The van der Waals surface area contributed by atoms with Crippen LogP contribution >= 0.6 is 15.9 Å². The molecule has 1 aliphatic rings. The zero-order valence-corrected chi connectivity index (χ0v) is 13.6. The first-order chi connectivity index (χ1) is 11.0. The molecule has 1 unspecified atom stereocenters. The second-order valence-electron chi connectivity index (χ2n) is 5.10. The third kappa shape index (κ3) is 3.43. The van der Waals surface area contributed by atoms with Gasteiger partial charge in [-0.15, -0.1) is 0 Å². The first kappa shape index (κ1) is 15.7. The summed E-state index contributed by atoms with van der Waals surface area (Å²) in [6, 6.07) is 7.05. The summed E-state index contributed by atoms with van der Waals surface area (Å²) in [7, 11) is 0. The van der Waals surface area contributed by atoms with Crippen LogP contribution in [0.1, 0.15) is 10.4 Å². The van der Waals surface area contributed by atoms with Crippen LogP contribution in [0.2, 0.25) is 0 Å². The number of amides is 1. The maximum atomic E-state index is 12.6. The Morgan fingerprint density at radius 1 is 1.39 bits per heavy atom. The molecule has 1 N–H and O–H groups in total. The molecule has 1 aromatic heterocycles. The van der Waals surface area contributed by atoms with Gasteiger partial charge in [0, 0.05) is 18.3 Å². The lowest BCUT2D eigenvalue weighted by Gasteiger charge is -2.31. The van der Waals surface area contributed by atoms with Crippen molar-refractivity contribution in [2.24, 2.45) is 0 Å². The largest absolute Gasteiger partial charge is 0.479 e. The van der Waals surface area contributed by atoms with Gasteiger partial charge in [-0.25, -0.2) is 9.48 Å². The van der Waals surface area contributed by atoms with Crippen molar-refractivity contribution in [3.05, 3.63) is 46.7 Å². The van der Waals surface area contributed by atoms with Crippen LogP contribution in [0, 0.1) is 0 Å². The summed E-state index contributed by atoms with van der Waals surface area (Å²) in [6.45, 7) is 0.639. The second kappa shape index (κ2) is 6.51. The van der Waals surface area contributed by atoms with Crippen molar-refractivity contribution in [1.29, 1.82) is 0 Å². The van der Waals surface area contributed by atoms with Crippen LogP contribution in [0.3, 0.4) is 0 Å². The Balaban J connectivity index is 1.81. The summed E-state index contributed by atoms with van der Waals surface area (Å²) in [6.07, 6.45) is 2.48. The van der Waals surface area contributed by atoms with Gasteiger partial charge in [-0.2, -0.15) is 5.10 Å². The lowest BCUT2D eigenvalue weighted by atomic mass is 10.1. The Morgan fingerprint density at radius 2 is 2.22 bits per heavy atom. The van der Waals surface area contributed by atoms with Crippen LogP contribution in [0.15, 0.2) is 41.1 Å². The smallest absolute Gasteiger partial charge is 0.334 e. The van der Waals surface area contributed by atoms with E-state index in [9.17, 15) is 9.59 Å². The average molecular weight is 380 g/mol. The molecule has 0 radical (unpaired) electrons. The standard InChI is InChI=1S/C15H14BrN3O4/c16-11-7-17-19(8-11)12-3-1-2-10(6-12)14(20)18-4-5-23-13(9-18)15(21)22/h1-3,6-8,13H,4-5,9H2,(H,21,22). The van der Waals surface area contributed by atoms with E-state index in [1.165, 1.54) is 4.90 Å². The molecule has 2 aromatic rings. The minimum Gasteiger partial charge on any atom is -0.479 e. The molecule has 0 saturated carbocycles. The lowest BCUT2D eigenvalue weighted by molar-refractivity contribution is -0.154. The number of carboxylic acid groups (broad SMARTS) is 1. The third-order valence-corrected chi connectivity index (χ3v) is 3.95. The van der Waals surface area contributed by atoms with E-state index in [-0.39, 0.29) is 19.1 Å². The van der Waals surface area contributed by atoms with Gasteiger partial charge < -0.3 is 14.7 Å². The van der Waals surface area contributed by atoms with Crippen molar-refractivity contribution >= 4 is 27.8 Å². The molecule has 1 aliphatic heterocycles. The van der Waals surface area contributed by atoms with Crippen LogP contribution in [0.4, 0.5) is 0 Å². The molecule has 1 saturated heterocycles. The van der Waals surface area contributed by atoms with Crippen molar-refractivity contribution in [3.63, 3.8) is 0 Å². The number of morpholine rings is 1. The molecule has 1 aromatic carbocycles. The molecule has 8 heteroatoms. The van der Waals surface area contributed by atoms with Crippen LogP contribution in [0.25, 0.3) is 5.69 Å². The van der Waals surface area contributed by atoms with E-state index in [1.54, 1.807) is 35.3 Å². The molecule has 3 rings (SSSR count). The van der Waals surface area contributed by atoms with Gasteiger partial charge in [0.1, 0.15) is 0 Å². The van der Waals surface area contributed by atoms with Crippen molar-refractivity contribution < 1.29 is 19.4 Å². The van der Waals surface area contributed by atoms with E-state index < -0.39 is 12.1 Å². The van der Waals surface area contributed by atoms with Gasteiger partial charge in [-0.3, -0.25) is 4.79 Å². The summed E-state index contributed by atoms with van der Waals surface area (Å²) in [5, 5.41) is 13.2. The minimum atomic E-state index is -1.06. The highest BCUT2D eigenvalue weighted by molar-refractivity contribution is 9.10. The zero-order valence-electron chi connectivity index (χ0n) is 12.1. The molecular weight excluding hydrogens is 366 g/mol. The number of hydrogen-bond donors (Lipinski definition) is 1. The summed E-state index contributed by atoms with van der Waals surface area (Å²) in [4.78, 5) is 25.1. The molecule has 0 spiro atoms. The Labute approximate surface area is 140 Å². The van der Waals surface area contributed by atoms with E-state index >= 15 is 0 Å². The fraction of sp³-hybridized carbons (Fsp3) is 0.267. The molecule has 0 aliphatic carbocycles. The normalized spacial score (nSPS) is 18.0. The molecule has 120 valence electrons. The average Bonchev–Trinajstić information content (AvgIpc) is 3.01. The molecule has 1 fully saturated rings. The van der Waals surface area contributed by atoms with Gasteiger partial charge in [-0.1, -0.05) is 6.07 Å². The lowest BCUT2D eigenvalue weighted by Crippen LogP contribution is -2.48. The van der Waals surface area contributed by atoms with Crippen LogP contribution in [-0.4, -0.2) is 57.5 Å². The Hall–Kier alpha value is -2.19. The van der Waals surface area contributed by atoms with E-state index in [2.05, 4.69) is 21.0 Å². The molecule has 7 nitrogen and oxygen atoms in total. The second-order valence-corrected chi connectivity index (χ2v) is 6.02. The van der Waals surface area contributed by atoms with Gasteiger partial charge in [-0.05, 0) is 34.1 Å². The van der Waals surface area contributed by atoms with Gasteiger partial charge in [0.25, 0.3) is 5.91 Å². The number of benzene rings is 1. The van der Waals surface area contributed by atoms with Crippen molar-refractivity contribution in [3.8, 4) is 5.69 Å². The first-order valence-electron chi connectivity index (χ1n) is 6.99. The van der Waals surface area contributed by atoms with Gasteiger partial charge >= 0.3 is 5.97 Å². The minimum absolute atomic E-state index is 0.0473. The Morgan fingerprint density at radius 3 is 2.91 bits per heavy atom. The Kier molecular flexibility index (Phi) is 4.44. The van der Waals surface area contributed by atoms with E-state index in [0.29, 0.717) is 12.1 Å². The maximum Gasteiger partial charge on any atom is 0.334 e. The first-order valence-corrected chi connectivity index (χ1v) is 7.78. The summed E-state index contributed by atoms with van der Waals surface area (Å²) >= 11 is 3.33. The molecular formula is C15H14BrN3O4. The molecule has 23 heavy (non-hydrogen) atoms. The number of aromatic nitrogens is 2. The zero-order chi connectivity index (χ0) is 16.4. The highest BCUT2D eigenvalue weighted by Gasteiger charge is 2.29. The fourth-order valence-electron chi connectivity index (χ4n) is 2.39. The number of carboxylic acids is 1. The monoisotopic (exact) mass is 379 g/mol. The van der Waals surface area contributed by atoms with Crippen LogP contribution < -0.4 is 0 Å². The topological polar surface area (TPSA) is 84.7 Å². The SMILES string of the molecule is O=C(O)C1CN(C(=O)c2cccc(-n3cc(Br)cn3)c2)CCO1. The number of carbonyl (C=O) groups is 2.